The molecule has 0 radical (unpaired) electrons. The number of aromatic nitrogens is 2. The fourth-order valence-corrected chi connectivity index (χ4v) is 8.69. The number of rotatable bonds is 7. The van der Waals surface area contributed by atoms with Crippen LogP contribution >= 0.6 is 0 Å². The third kappa shape index (κ3) is 6.08. The predicted molar refractivity (Wildman–Crippen MR) is 248 cm³/mol. The Kier molecular flexibility index (Phi) is 8.49. The highest BCUT2D eigenvalue weighted by molar-refractivity contribution is 6.27. The van der Waals surface area contributed by atoms with Crippen LogP contribution in [0, 0.1) is 0 Å². The fraction of sp³-hybridized carbons (Fsp3) is 0. The Labute approximate surface area is 343 Å². The van der Waals surface area contributed by atoms with Gasteiger partial charge in [0.1, 0.15) is 0 Å². The molecule has 11 aromatic rings. The molecule has 0 bridgehead atoms. The summed E-state index contributed by atoms with van der Waals surface area (Å²) in [7, 11) is 0. The van der Waals surface area contributed by atoms with Gasteiger partial charge >= 0.3 is 0 Å². The van der Waals surface area contributed by atoms with Gasteiger partial charge in [-0.15, -0.1) is 0 Å². The molecule has 0 saturated carbocycles. The van der Waals surface area contributed by atoms with Gasteiger partial charge in [0.2, 0.25) is 0 Å². The van der Waals surface area contributed by atoms with Crippen LogP contribution in [-0.2, 0) is 0 Å². The average molecular weight is 752 g/mol. The van der Waals surface area contributed by atoms with E-state index in [1.165, 1.54) is 16.5 Å². The predicted octanol–water partition coefficient (Wildman–Crippen LogP) is 15.2. The van der Waals surface area contributed by atoms with Crippen molar-refractivity contribution in [1.29, 1.82) is 0 Å². The van der Waals surface area contributed by atoms with E-state index in [-0.39, 0.29) is 0 Å². The molecule has 2 aromatic heterocycles. The molecule has 0 saturated heterocycles. The van der Waals surface area contributed by atoms with E-state index in [9.17, 15) is 0 Å². The maximum absolute atomic E-state index is 5.62. The molecule has 11 rings (SSSR count). The quantitative estimate of drug-likeness (QED) is 0.152. The normalized spacial score (nSPS) is 11.4. The van der Waals surface area contributed by atoms with Crippen molar-refractivity contribution in [2.45, 2.75) is 0 Å². The van der Waals surface area contributed by atoms with Gasteiger partial charge in [-0.2, -0.15) is 0 Å². The Bertz CT molecular complexity index is 3250. The van der Waals surface area contributed by atoms with Gasteiger partial charge in [-0.05, 0) is 70.1 Å². The van der Waals surface area contributed by atoms with Crippen LogP contribution in [-0.4, -0.2) is 9.97 Å². The zero-order valence-corrected chi connectivity index (χ0v) is 32.2. The Morgan fingerprint density at radius 2 is 0.915 bits per heavy atom. The standard InChI is InChI=1S/C56H37N3/c1-5-17-38(18-6-1)39-31-33-40(34-32-39)49-37-51(57-50-29-14-13-26-45(49)50)46-27-16-28-47-54-48(55(58-56(46)47)42-19-7-2-8-20-42)36-35-41-21-15-30-52(53(41)54)59(43-22-9-3-10-23-43)44-24-11-4-12-25-44/h1-37H. The van der Waals surface area contributed by atoms with Crippen LogP contribution < -0.4 is 4.90 Å². The summed E-state index contributed by atoms with van der Waals surface area (Å²) < 4.78 is 0. The molecule has 3 heteroatoms. The van der Waals surface area contributed by atoms with Crippen LogP contribution in [0.15, 0.2) is 224 Å². The molecule has 0 N–H and O–H groups in total. The second kappa shape index (κ2) is 14.6. The molecule has 0 fully saturated rings. The largest absolute Gasteiger partial charge is 0.310 e. The van der Waals surface area contributed by atoms with Crippen LogP contribution in [0.3, 0.4) is 0 Å². The fourth-order valence-electron chi connectivity index (χ4n) is 8.69. The molecular weight excluding hydrogens is 715 g/mol. The highest BCUT2D eigenvalue weighted by Gasteiger charge is 2.22. The molecule has 0 aliphatic carbocycles. The number of hydrogen-bond donors (Lipinski definition) is 0. The summed E-state index contributed by atoms with van der Waals surface area (Å²) in [6.45, 7) is 0. The Morgan fingerprint density at radius 3 is 1.63 bits per heavy atom. The van der Waals surface area contributed by atoms with E-state index < -0.39 is 0 Å². The number of pyridine rings is 2. The van der Waals surface area contributed by atoms with Gasteiger partial charge in [0, 0.05) is 49.4 Å². The summed E-state index contributed by atoms with van der Waals surface area (Å²) >= 11 is 0. The molecule has 3 nitrogen and oxygen atoms in total. The molecule has 0 unspecified atom stereocenters. The first kappa shape index (κ1) is 34.4. The molecule has 0 atom stereocenters. The number of benzene rings is 9. The molecule has 9 aromatic carbocycles. The lowest BCUT2D eigenvalue weighted by Crippen LogP contribution is -2.10. The van der Waals surface area contributed by atoms with E-state index in [0.29, 0.717) is 0 Å². The van der Waals surface area contributed by atoms with Crippen molar-refractivity contribution in [3.8, 4) is 44.8 Å². The zero-order valence-electron chi connectivity index (χ0n) is 32.2. The summed E-state index contributed by atoms with van der Waals surface area (Å²) in [5, 5.41) is 6.80. The Hall–Kier alpha value is -7.88. The van der Waals surface area contributed by atoms with E-state index in [1.807, 2.05) is 0 Å². The highest BCUT2D eigenvalue weighted by atomic mass is 15.1. The summed E-state index contributed by atoms with van der Waals surface area (Å²) in [4.78, 5) is 13.4. The third-order valence-electron chi connectivity index (χ3n) is 11.4. The molecule has 2 heterocycles. The summed E-state index contributed by atoms with van der Waals surface area (Å²) in [5.74, 6) is 0. The van der Waals surface area contributed by atoms with Crippen molar-refractivity contribution in [3.63, 3.8) is 0 Å². The average Bonchev–Trinajstić information content (AvgIpc) is 3.32. The summed E-state index contributed by atoms with van der Waals surface area (Å²) in [5.41, 5.74) is 13.7. The van der Waals surface area contributed by atoms with Gasteiger partial charge in [-0.25, -0.2) is 9.97 Å². The molecule has 0 aliphatic rings. The Balaban J connectivity index is 1.20. The van der Waals surface area contributed by atoms with Crippen molar-refractivity contribution in [3.05, 3.63) is 224 Å². The third-order valence-corrected chi connectivity index (χ3v) is 11.4. The molecule has 59 heavy (non-hydrogen) atoms. The first-order valence-electron chi connectivity index (χ1n) is 20.1. The number of hydrogen-bond acceptors (Lipinski definition) is 3. The number of anilines is 3. The molecule has 0 spiro atoms. The minimum atomic E-state index is 0.887. The topological polar surface area (TPSA) is 29.0 Å². The van der Waals surface area contributed by atoms with Crippen LogP contribution in [0.25, 0.3) is 88.1 Å². The van der Waals surface area contributed by atoms with Crippen LogP contribution in [0.4, 0.5) is 17.1 Å². The molecular formula is C56H37N3. The van der Waals surface area contributed by atoms with Gasteiger partial charge in [0.25, 0.3) is 0 Å². The number of fused-ring (bicyclic) bond motifs is 6. The summed E-state index contributed by atoms with van der Waals surface area (Å²) in [6.07, 6.45) is 0. The second-order valence-electron chi connectivity index (χ2n) is 14.9. The first-order chi connectivity index (χ1) is 29.3. The monoisotopic (exact) mass is 751 g/mol. The smallest absolute Gasteiger partial charge is 0.0810 e. The lowest BCUT2D eigenvalue weighted by Gasteiger charge is -2.27. The van der Waals surface area contributed by atoms with Crippen molar-refractivity contribution in [2.75, 3.05) is 4.90 Å². The van der Waals surface area contributed by atoms with Crippen molar-refractivity contribution < 1.29 is 0 Å². The summed E-state index contributed by atoms with van der Waals surface area (Å²) in [6, 6.07) is 79.8. The van der Waals surface area contributed by atoms with Gasteiger partial charge in [0.05, 0.1) is 28.1 Å². The first-order valence-corrected chi connectivity index (χ1v) is 20.1. The lowest BCUT2D eigenvalue weighted by molar-refractivity contribution is 1.30. The Morgan fingerprint density at radius 1 is 0.339 bits per heavy atom. The second-order valence-corrected chi connectivity index (χ2v) is 14.9. The van der Waals surface area contributed by atoms with E-state index >= 15 is 0 Å². The highest BCUT2D eigenvalue weighted by Crippen LogP contribution is 2.46. The van der Waals surface area contributed by atoms with Gasteiger partial charge in [-0.3, -0.25) is 0 Å². The number of nitrogens with zero attached hydrogens (tertiary/aromatic N) is 3. The maximum Gasteiger partial charge on any atom is 0.0810 e. The van der Waals surface area contributed by atoms with Crippen LogP contribution in [0.1, 0.15) is 0 Å². The van der Waals surface area contributed by atoms with E-state index in [0.717, 1.165) is 88.7 Å². The SMILES string of the molecule is c1ccc(-c2ccc(-c3cc(-c4cccc5c4nc(-c4ccccc4)c4ccc6cccc(N(c7ccccc7)c7ccccc7)c6c45)nc4ccccc34)cc2)cc1. The van der Waals surface area contributed by atoms with E-state index in [4.69, 9.17) is 9.97 Å². The van der Waals surface area contributed by atoms with E-state index in [1.54, 1.807) is 0 Å². The molecule has 0 amide bonds. The minimum Gasteiger partial charge on any atom is -0.310 e. The number of para-hydroxylation sites is 4. The van der Waals surface area contributed by atoms with Crippen LogP contribution in [0.5, 0.6) is 0 Å². The van der Waals surface area contributed by atoms with Crippen molar-refractivity contribution >= 4 is 60.4 Å². The minimum absolute atomic E-state index is 0.887. The maximum atomic E-state index is 5.62. The molecule has 0 aliphatic heterocycles. The van der Waals surface area contributed by atoms with Gasteiger partial charge in [0.15, 0.2) is 0 Å². The van der Waals surface area contributed by atoms with Crippen LogP contribution in [0.2, 0.25) is 0 Å². The lowest BCUT2D eigenvalue weighted by atomic mass is 9.91. The van der Waals surface area contributed by atoms with Crippen molar-refractivity contribution in [1.82, 2.24) is 9.97 Å². The molecule has 276 valence electrons. The van der Waals surface area contributed by atoms with Gasteiger partial charge in [-0.1, -0.05) is 182 Å². The van der Waals surface area contributed by atoms with Crippen molar-refractivity contribution in [2.24, 2.45) is 0 Å². The van der Waals surface area contributed by atoms with Gasteiger partial charge < -0.3 is 4.90 Å². The van der Waals surface area contributed by atoms with E-state index in [2.05, 4.69) is 229 Å². The zero-order chi connectivity index (χ0) is 39.1.